The normalized spacial score (nSPS) is 28.1. The smallest absolute Gasteiger partial charge is 0.0136 e. The van der Waals surface area contributed by atoms with Crippen molar-refractivity contribution in [2.24, 2.45) is 5.92 Å². The average Bonchev–Trinajstić information content (AvgIpc) is 2.75. The highest BCUT2D eigenvalue weighted by Gasteiger charge is 2.33. The van der Waals surface area contributed by atoms with Crippen LogP contribution in [0.15, 0.2) is 24.3 Å². The van der Waals surface area contributed by atoms with Crippen LogP contribution in [-0.4, -0.2) is 25.0 Å². The van der Waals surface area contributed by atoms with Gasteiger partial charge in [0.2, 0.25) is 0 Å². The molecule has 0 amide bonds. The Morgan fingerprint density at radius 1 is 0.950 bits per heavy atom. The van der Waals surface area contributed by atoms with Crippen molar-refractivity contribution in [2.45, 2.75) is 63.3 Å². The third kappa shape index (κ3) is 2.93. The first-order chi connectivity index (χ1) is 9.75. The first-order valence-corrected chi connectivity index (χ1v) is 8.50. The molecule has 0 spiro atoms. The average molecular weight is 271 g/mol. The summed E-state index contributed by atoms with van der Waals surface area (Å²) >= 11 is 0. The van der Waals surface area contributed by atoms with Crippen LogP contribution in [0.1, 0.15) is 62.0 Å². The van der Waals surface area contributed by atoms with Gasteiger partial charge in [0, 0.05) is 6.04 Å². The van der Waals surface area contributed by atoms with Crippen LogP contribution in [0, 0.1) is 5.92 Å². The summed E-state index contributed by atoms with van der Waals surface area (Å²) in [5.41, 5.74) is 3.30. The lowest BCUT2D eigenvalue weighted by molar-refractivity contribution is 0.217. The molecule has 1 nitrogen and oxygen atoms in total. The molecule has 0 N–H and O–H groups in total. The SMILES string of the molecule is CN(C)C1Cc2ccccc2C(C2CCCCCC2)C1. The Hall–Kier alpha value is -0.820. The summed E-state index contributed by atoms with van der Waals surface area (Å²) < 4.78 is 0. The van der Waals surface area contributed by atoms with Crippen LogP contribution in [0.2, 0.25) is 0 Å². The summed E-state index contributed by atoms with van der Waals surface area (Å²) in [5.74, 6) is 1.74. The van der Waals surface area contributed by atoms with Gasteiger partial charge in [0.1, 0.15) is 0 Å². The second-order valence-corrected chi connectivity index (χ2v) is 7.11. The highest BCUT2D eigenvalue weighted by molar-refractivity contribution is 5.34. The van der Waals surface area contributed by atoms with E-state index in [1.807, 2.05) is 0 Å². The van der Waals surface area contributed by atoms with Gasteiger partial charge >= 0.3 is 0 Å². The minimum absolute atomic E-state index is 0.734. The predicted molar refractivity (Wildman–Crippen MR) is 86.2 cm³/mol. The molecule has 0 radical (unpaired) electrons. The lowest BCUT2D eigenvalue weighted by atomic mass is 9.71. The van der Waals surface area contributed by atoms with E-state index >= 15 is 0 Å². The predicted octanol–water partition coefficient (Wildman–Crippen LogP) is 4.62. The molecule has 20 heavy (non-hydrogen) atoms. The molecule has 0 heterocycles. The Labute approximate surface area is 124 Å². The summed E-state index contributed by atoms with van der Waals surface area (Å²) in [6.07, 6.45) is 11.4. The van der Waals surface area contributed by atoms with Gasteiger partial charge in [0.05, 0.1) is 0 Å². The Morgan fingerprint density at radius 2 is 1.65 bits per heavy atom. The molecule has 1 aromatic rings. The fourth-order valence-electron chi connectivity index (χ4n) is 4.39. The summed E-state index contributed by atoms with van der Waals surface area (Å²) in [4.78, 5) is 2.44. The second kappa shape index (κ2) is 6.30. The van der Waals surface area contributed by atoms with Crippen LogP contribution >= 0.6 is 0 Å². The number of hydrogen-bond acceptors (Lipinski definition) is 1. The molecule has 0 aliphatic heterocycles. The van der Waals surface area contributed by atoms with Gasteiger partial charge in [0.25, 0.3) is 0 Å². The van der Waals surface area contributed by atoms with Crippen molar-refractivity contribution in [3.8, 4) is 0 Å². The molecule has 0 aromatic heterocycles. The summed E-state index contributed by atoms with van der Waals surface area (Å²) in [7, 11) is 4.51. The van der Waals surface area contributed by atoms with Crippen molar-refractivity contribution >= 4 is 0 Å². The van der Waals surface area contributed by atoms with Crippen molar-refractivity contribution < 1.29 is 0 Å². The minimum atomic E-state index is 0.734. The molecule has 2 unspecified atom stereocenters. The van der Waals surface area contributed by atoms with Gasteiger partial charge in [-0.1, -0.05) is 49.9 Å². The Kier molecular flexibility index (Phi) is 4.45. The number of rotatable bonds is 2. The van der Waals surface area contributed by atoms with E-state index < -0.39 is 0 Å². The number of nitrogens with zero attached hydrogens (tertiary/aromatic N) is 1. The van der Waals surface area contributed by atoms with E-state index in [4.69, 9.17) is 0 Å². The molecule has 110 valence electrons. The largest absolute Gasteiger partial charge is 0.306 e. The zero-order valence-electron chi connectivity index (χ0n) is 13.1. The molecule has 2 aliphatic rings. The van der Waals surface area contributed by atoms with Crippen molar-refractivity contribution in [1.82, 2.24) is 4.90 Å². The van der Waals surface area contributed by atoms with Gasteiger partial charge in [-0.15, -0.1) is 0 Å². The Balaban J connectivity index is 1.87. The highest BCUT2D eigenvalue weighted by atomic mass is 15.1. The number of likely N-dealkylation sites (N-methyl/N-ethyl adjacent to an activating group) is 1. The van der Waals surface area contributed by atoms with E-state index in [9.17, 15) is 0 Å². The van der Waals surface area contributed by atoms with E-state index in [1.165, 1.54) is 51.4 Å². The van der Waals surface area contributed by atoms with Gasteiger partial charge in [0.15, 0.2) is 0 Å². The molecule has 2 aliphatic carbocycles. The maximum atomic E-state index is 2.44. The third-order valence-corrected chi connectivity index (χ3v) is 5.64. The molecule has 3 rings (SSSR count). The van der Waals surface area contributed by atoms with Crippen molar-refractivity contribution in [3.05, 3.63) is 35.4 Å². The zero-order valence-corrected chi connectivity index (χ0v) is 13.1. The molecule has 1 saturated carbocycles. The van der Waals surface area contributed by atoms with Crippen LogP contribution in [0.3, 0.4) is 0 Å². The first kappa shape index (κ1) is 14.1. The molecule has 1 aromatic carbocycles. The summed E-state index contributed by atoms with van der Waals surface area (Å²) in [6, 6.07) is 9.99. The van der Waals surface area contributed by atoms with Gasteiger partial charge in [-0.2, -0.15) is 0 Å². The molecule has 2 atom stereocenters. The monoisotopic (exact) mass is 271 g/mol. The van der Waals surface area contributed by atoms with Crippen molar-refractivity contribution in [1.29, 1.82) is 0 Å². The van der Waals surface area contributed by atoms with Gasteiger partial charge < -0.3 is 4.90 Å². The van der Waals surface area contributed by atoms with Crippen LogP contribution in [-0.2, 0) is 6.42 Å². The van der Waals surface area contributed by atoms with Gasteiger partial charge in [-0.05, 0) is 62.7 Å². The molecule has 0 saturated heterocycles. The standard InChI is InChI=1S/C19H29N/c1-20(2)17-13-16-11-7-8-12-18(16)19(14-17)15-9-5-3-4-6-10-15/h7-8,11-12,15,17,19H,3-6,9-10,13-14H2,1-2H3. The van der Waals surface area contributed by atoms with Crippen LogP contribution < -0.4 is 0 Å². The number of benzene rings is 1. The van der Waals surface area contributed by atoms with E-state index in [0.29, 0.717) is 0 Å². The molecular weight excluding hydrogens is 242 g/mol. The first-order valence-electron chi connectivity index (χ1n) is 8.50. The summed E-state index contributed by atoms with van der Waals surface area (Å²) in [6.45, 7) is 0. The molecular formula is C19H29N. The topological polar surface area (TPSA) is 3.24 Å². The van der Waals surface area contributed by atoms with E-state index in [0.717, 1.165) is 17.9 Å². The maximum Gasteiger partial charge on any atom is 0.0136 e. The molecule has 1 heteroatoms. The molecule has 0 bridgehead atoms. The van der Waals surface area contributed by atoms with Crippen LogP contribution in [0.25, 0.3) is 0 Å². The van der Waals surface area contributed by atoms with Crippen LogP contribution in [0.5, 0.6) is 0 Å². The maximum absolute atomic E-state index is 2.44. The Morgan fingerprint density at radius 3 is 2.35 bits per heavy atom. The number of fused-ring (bicyclic) bond motifs is 1. The quantitative estimate of drug-likeness (QED) is 0.710. The minimum Gasteiger partial charge on any atom is -0.306 e. The summed E-state index contributed by atoms with van der Waals surface area (Å²) in [5, 5.41) is 0. The third-order valence-electron chi connectivity index (χ3n) is 5.64. The zero-order chi connectivity index (χ0) is 13.9. The lowest BCUT2D eigenvalue weighted by Gasteiger charge is -2.39. The second-order valence-electron chi connectivity index (χ2n) is 7.11. The van der Waals surface area contributed by atoms with E-state index in [2.05, 4.69) is 43.3 Å². The van der Waals surface area contributed by atoms with Crippen molar-refractivity contribution in [3.63, 3.8) is 0 Å². The highest BCUT2D eigenvalue weighted by Crippen LogP contribution is 2.43. The van der Waals surface area contributed by atoms with E-state index in [-0.39, 0.29) is 0 Å². The van der Waals surface area contributed by atoms with Gasteiger partial charge in [-0.3, -0.25) is 0 Å². The van der Waals surface area contributed by atoms with Crippen LogP contribution in [0.4, 0.5) is 0 Å². The van der Waals surface area contributed by atoms with E-state index in [1.54, 1.807) is 11.1 Å². The number of hydrogen-bond donors (Lipinski definition) is 0. The lowest BCUT2D eigenvalue weighted by Crippen LogP contribution is -2.37. The van der Waals surface area contributed by atoms with Crippen molar-refractivity contribution in [2.75, 3.05) is 14.1 Å². The molecule has 1 fully saturated rings. The Bertz CT molecular complexity index is 429. The fourth-order valence-corrected chi connectivity index (χ4v) is 4.39. The van der Waals surface area contributed by atoms with Gasteiger partial charge in [-0.25, -0.2) is 0 Å². The fraction of sp³-hybridized carbons (Fsp3) is 0.684.